The fourth-order valence-electron chi connectivity index (χ4n) is 1.11. The summed E-state index contributed by atoms with van der Waals surface area (Å²) in [5.41, 5.74) is 4.79. The quantitative estimate of drug-likeness (QED) is 0.502. The van der Waals surface area contributed by atoms with Crippen molar-refractivity contribution < 1.29 is 19.5 Å². The number of hydrogen-bond acceptors (Lipinski definition) is 4. The van der Waals surface area contributed by atoms with Crippen molar-refractivity contribution in [3.8, 4) is 0 Å². The molecule has 14 heavy (non-hydrogen) atoms. The molecular formula is C7H11N3O4. The molecule has 0 unspecified atom stereocenters. The monoisotopic (exact) mass is 201 g/mol. The smallest absolute Gasteiger partial charge is 0.327 e. The van der Waals surface area contributed by atoms with Crippen LogP contribution in [0.5, 0.6) is 0 Å². The van der Waals surface area contributed by atoms with E-state index in [2.05, 4.69) is 0 Å². The number of β-amino-alcohol motifs (C(OH)–C–C–N with tert-alkyl or cyclic N) is 1. The molecule has 78 valence electrons. The van der Waals surface area contributed by atoms with Crippen molar-refractivity contribution in [1.29, 1.82) is 0 Å². The van der Waals surface area contributed by atoms with Crippen LogP contribution in [0.4, 0.5) is 4.79 Å². The van der Waals surface area contributed by atoms with Gasteiger partial charge in [0.05, 0.1) is 6.54 Å². The van der Waals surface area contributed by atoms with E-state index in [1.165, 1.54) is 11.9 Å². The highest BCUT2D eigenvalue weighted by molar-refractivity contribution is 6.02. The minimum atomic E-state index is -1.51. The van der Waals surface area contributed by atoms with Gasteiger partial charge in [-0.3, -0.25) is 14.5 Å². The summed E-state index contributed by atoms with van der Waals surface area (Å²) in [6.45, 7) is -0.415. The number of carbonyl (C=O) groups excluding carboxylic acids is 3. The number of primary amides is 1. The molecule has 0 aromatic heterocycles. The highest BCUT2D eigenvalue weighted by Gasteiger charge is 2.35. The topological polar surface area (TPSA) is 104 Å². The lowest BCUT2D eigenvalue weighted by Crippen LogP contribution is -2.43. The molecule has 1 rings (SSSR count). The number of nitrogens with zero attached hydrogens (tertiary/aromatic N) is 2. The summed E-state index contributed by atoms with van der Waals surface area (Å²) in [6, 6.07) is -0.532. The molecule has 1 fully saturated rings. The van der Waals surface area contributed by atoms with E-state index in [0.29, 0.717) is 0 Å². The van der Waals surface area contributed by atoms with Crippen LogP contribution in [0, 0.1) is 0 Å². The van der Waals surface area contributed by atoms with Gasteiger partial charge in [0, 0.05) is 7.05 Å². The van der Waals surface area contributed by atoms with Crippen molar-refractivity contribution in [1.82, 2.24) is 9.80 Å². The Morgan fingerprint density at radius 2 is 2.21 bits per heavy atom. The predicted octanol–water partition coefficient (Wildman–Crippen LogP) is -2.27. The summed E-state index contributed by atoms with van der Waals surface area (Å²) >= 11 is 0. The van der Waals surface area contributed by atoms with Gasteiger partial charge >= 0.3 is 6.03 Å². The van der Waals surface area contributed by atoms with Crippen LogP contribution in [-0.2, 0) is 9.59 Å². The maximum Gasteiger partial charge on any atom is 0.327 e. The number of hydrogen-bond donors (Lipinski definition) is 2. The first-order valence-electron chi connectivity index (χ1n) is 3.96. The molecule has 1 saturated heterocycles. The first-order valence-corrected chi connectivity index (χ1v) is 3.96. The van der Waals surface area contributed by atoms with E-state index < -0.39 is 23.9 Å². The molecule has 0 aliphatic carbocycles. The fraction of sp³-hybridized carbons (Fsp3) is 0.571. The van der Waals surface area contributed by atoms with E-state index in [-0.39, 0.29) is 13.1 Å². The zero-order chi connectivity index (χ0) is 10.9. The summed E-state index contributed by atoms with van der Waals surface area (Å²) in [5.74, 6) is -1.40. The minimum absolute atomic E-state index is 0.0374. The van der Waals surface area contributed by atoms with Gasteiger partial charge in [-0.1, -0.05) is 0 Å². The van der Waals surface area contributed by atoms with Gasteiger partial charge in [0.1, 0.15) is 6.54 Å². The maximum absolute atomic E-state index is 11.2. The van der Waals surface area contributed by atoms with Crippen LogP contribution in [0.3, 0.4) is 0 Å². The number of carbonyl (C=O) groups is 3. The SMILES string of the molecule is CN1CC(=O)N(C[C@@H](O)C(N)=O)C1=O. The third-order valence-corrected chi connectivity index (χ3v) is 1.91. The van der Waals surface area contributed by atoms with Crippen LogP contribution >= 0.6 is 0 Å². The Bertz CT molecular complexity index is 291. The summed E-state index contributed by atoms with van der Waals surface area (Å²) in [6.07, 6.45) is -1.51. The van der Waals surface area contributed by atoms with E-state index in [1.807, 2.05) is 0 Å². The van der Waals surface area contributed by atoms with Crippen molar-refractivity contribution in [3.05, 3.63) is 0 Å². The zero-order valence-electron chi connectivity index (χ0n) is 7.64. The highest BCUT2D eigenvalue weighted by atomic mass is 16.3. The number of likely N-dealkylation sites (N-methyl/N-ethyl adjacent to an activating group) is 1. The van der Waals surface area contributed by atoms with Crippen molar-refractivity contribution in [2.45, 2.75) is 6.10 Å². The molecule has 1 aliphatic heterocycles. The van der Waals surface area contributed by atoms with Crippen molar-refractivity contribution in [2.75, 3.05) is 20.1 Å². The summed E-state index contributed by atoms with van der Waals surface area (Å²) in [4.78, 5) is 34.9. The van der Waals surface area contributed by atoms with E-state index in [0.717, 1.165) is 4.90 Å². The Labute approximate surface area is 80.1 Å². The number of amides is 4. The van der Waals surface area contributed by atoms with Gasteiger partial charge in [0.25, 0.3) is 0 Å². The molecular weight excluding hydrogens is 190 g/mol. The summed E-state index contributed by atoms with van der Waals surface area (Å²) < 4.78 is 0. The number of imide groups is 1. The first kappa shape index (κ1) is 10.5. The lowest BCUT2D eigenvalue weighted by atomic mass is 10.3. The summed E-state index contributed by atoms with van der Waals surface area (Å²) in [7, 11) is 1.46. The Kier molecular flexibility index (Phi) is 2.70. The largest absolute Gasteiger partial charge is 0.381 e. The molecule has 0 saturated carbocycles. The maximum atomic E-state index is 11.2. The standard InChI is InChI=1S/C7H11N3O4/c1-9-3-5(12)10(7(9)14)2-4(11)6(8)13/h4,11H,2-3H2,1H3,(H2,8,13)/t4-/m1/s1. The molecule has 0 aromatic carbocycles. The van der Waals surface area contributed by atoms with Gasteiger partial charge in [-0.05, 0) is 0 Å². The van der Waals surface area contributed by atoms with Crippen LogP contribution in [-0.4, -0.2) is 59.0 Å². The molecule has 1 atom stereocenters. The van der Waals surface area contributed by atoms with Crippen LogP contribution < -0.4 is 5.73 Å². The molecule has 7 heteroatoms. The number of rotatable bonds is 3. The van der Waals surface area contributed by atoms with Crippen LogP contribution in [0.2, 0.25) is 0 Å². The second-order valence-corrected chi connectivity index (χ2v) is 3.06. The number of nitrogens with two attached hydrogens (primary N) is 1. The molecule has 0 bridgehead atoms. The normalized spacial score (nSPS) is 19.0. The second kappa shape index (κ2) is 3.62. The lowest BCUT2D eigenvalue weighted by Gasteiger charge is -2.15. The van der Waals surface area contributed by atoms with Gasteiger partial charge < -0.3 is 15.7 Å². The van der Waals surface area contributed by atoms with E-state index in [4.69, 9.17) is 10.8 Å². The number of aliphatic hydroxyl groups excluding tert-OH is 1. The summed E-state index contributed by atoms with van der Waals surface area (Å²) in [5, 5.41) is 9.07. The predicted molar refractivity (Wildman–Crippen MR) is 44.9 cm³/mol. The zero-order valence-corrected chi connectivity index (χ0v) is 7.64. The van der Waals surface area contributed by atoms with Gasteiger partial charge in [-0.25, -0.2) is 4.79 Å². The second-order valence-electron chi connectivity index (χ2n) is 3.06. The average Bonchev–Trinajstić information content (AvgIpc) is 2.32. The van der Waals surface area contributed by atoms with E-state index in [9.17, 15) is 14.4 Å². The average molecular weight is 201 g/mol. The number of urea groups is 1. The van der Waals surface area contributed by atoms with Crippen LogP contribution in [0.25, 0.3) is 0 Å². The first-order chi connectivity index (χ1) is 6.43. The van der Waals surface area contributed by atoms with Gasteiger partial charge in [-0.15, -0.1) is 0 Å². The molecule has 0 spiro atoms. The minimum Gasteiger partial charge on any atom is -0.381 e. The molecule has 1 heterocycles. The molecule has 1 aliphatic rings. The molecule has 7 nitrogen and oxygen atoms in total. The molecule has 4 amide bonds. The third kappa shape index (κ3) is 1.82. The Balaban J connectivity index is 2.65. The molecule has 3 N–H and O–H groups in total. The lowest BCUT2D eigenvalue weighted by molar-refractivity contribution is -0.130. The molecule has 0 aromatic rings. The Morgan fingerprint density at radius 1 is 1.64 bits per heavy atom. The van der Waals surface area contributed by atoms with Gasteiger partial charge in [-0.2, -0.15) is 0 Å². The van der Waals surface area contributed by atoms with Gasteiger partial charge in [0.2, 0.25) is 11.8 Å². The highest BCUT2D eigenvalue weighted by Crippen LogP contribution is 2.08. The van der Waals surface area contributed by atoms with E-state index >= 15 is 0 Å². The third-order valence-electron chi connectivity index (χ3n) is 1.91. The molecule has 0 radical (unpaired) electrons. The fourth-order valence-corrected chi connectivity index (χ4v) is 1.11. The Morgan fingerprint density at radius 3 is 2.57 bits per heavy atom. The van der Waals surface area contributed by atoms with Crippen LogP contribution in [0.15, 0.2) is 0 Å². The number of aliphatic hydroxyl groups is 1. The van der Waals surface area contributed by atoms with Crippen molar-refractivity contribution >= 4 is 17.8 Å². The van der Waals surface area contributed by atoms with Crippen molar-refractivity contribution in [3.63, 3.8) is 0 Å². The van der Waals surface area contributed by atoms with Gasteiger partial charge in [0.15, 0.2) is 6.10 Å². The van der Waals surface area contributed by atoms with Crippen LogP contribution in [0.1, 0.15) is 0 Å². The van der Waals surface area contributed by atoms with E-state index in [1.54, 1.807) is 0 Å². The Hall–Kier alpha value is -1.63. The van der Waals surface area contributed by atoms with Crippen molar-refractivity contribution in [2.24, 2.45) is 5.73 Å².